The molecular weight excluding hydrogens is 761 g/mol. The molecule has 5 aromatic rings. The number of hydrazone groups is 1. The van der Waals surface area contributed by atoms with Crippen molar-refractivity contribution in [2.45, 2.75) is 6.92 Å². The summed E-state index contributed by atoms with van der Waals surface area (Å²) in [6.07, 6.45) is 1.40. The van der Waals surface area contributed by atoms with E-state index in [0.717, 1.165) is 10.0 Å². The fourth-order valence-electron chi connectivity index (χ4n) is 4.26. The average molecular weight is 779 g/mol. The van der Waals surface area contributed by atoms with Crippen molar-refractivity contribution in [1.29, 1.82) is 0 Å². The number of aryl methyl sites for hydroxylation is 1. The number of benzene rings is 4. The molecule has 1 heterocycles. The van der Waals surface area contributed by atoms with Gasteiger partial charge in [-0.05, 0) is 65.3 Å². The topological polar surface area (TPSA) is 83.5 Å². The lowest BCUT2D eigenvalue weighted by atomic mass is 10.0. The Bertz CT molecular complexity index is 1870. The SMILES string of the molecule is Cc1cccc(C(=O)Oc2c(Br)cc(Br)cc2C=NNC(=O)c2[nH]c3c(Cl)cc(Br)cc3c2-c2ccccc2Cl)c1. The number of ether oxygens (including phenoxy) is 1. The summed E-state index contributed by atoms with van der Waals surface area (Å²) < 4.78 is 7.71. The van der Waals surface area contributed by atoms with Crippen LogP contribution in [-0.2, 0) is 0 Å². The summed E-state index contributed by atoms with van der Waals surface area (Å²) in [4.78, 5) is 29.5. The van der Waals surface area contributed by atoms with Crippen molar-refractivity contribution in [3.63, 3.8) is 0 Å². The number of aromatic nitrogens is 1. The second-order valence-corrected chi connectivity index (χ2v) is 12.4. The number of nitrogens with zero attached hydrogens (tertiary/aromatic N) is 1. The second-order valence-electron chi connectivity index (χ2n) is 8.93. The van der Waals surface area contributed by atoms with E-state index in [2.05, 4.69) is 63.3 Å². The highest BCUT2D eigenvalue weighted by molar-refractivity contribution is 9.11. The number of carbonyl (C=O) groups is 2. The quantitative estimate of drug-likeness (QED) is 0.0780. The van der Waals surface area contributed by atoms with Gasteiger partial charge in [-0.3, -0.25) is 4.79 Å². The van der Waals surface area contributed by atoms with Crippen molar-refractivity contribution >= 4 is 100.0 Å². The zero-order chi connectivity index (χ0) is 29.3. The van der Waals surface area contributed by atoms with E-state index in [1.165, 1.54) is 6.21 Å². The van der Waals surface area contributed by atoms with Crippen LogP contribution in [-0.4, -0.2) is 23.1 Å². The Labute approximate surface area is 270 Å². The van der Waals surface area contributed by atoms with E-state index < -0.39 is 11.9 Å². The van der Waals surface area contributed by atoms with Crippen LogP contribution in [0.2, 0.25) is 10.0 Å². The van der Waals surface area contributed by atoms with Crippen LogP contribution in [0.15, 0.2) is 91.3 Å². The monoisotopic (exact) mass is 775 g/mol. The molecule has 4 aromatic carbocycles. The second kappa shape index (κ2) is 12.5. The van der Waals surface area contributed by atoms with Crippen molar-refractivity contribution < 1.29 is 14.3 Å². The normalized spacial score (nSPS) is 11.3. The number of halogens is 5. The molecule has 0 aliphatic carbocycles. The van der Waals surface area contributed by atoms with Crippen LogP contribution < -0.4 is 10.2 Å². The molecule has 2 N–H and O–H groups in total. The summed E-state index contributed by atoms with van der Waals surface area (Å²) in [5, 5.41) is 5.79. The van der Waals surface area contributed by atoms with Gasteiger partial charge in [-0.15, -0.1) is 0 Å². The fourth-order valence-corrected chi connectivity index (χ4v) is 6.68. The first kappa shape index (κ1) is 29.5. The summed E-state index contributed by atoms with van der Waals surface area (Å²) in [6, 6.07) is 21.4. The lowest BCUT2D eigenvalue weighted by Gasteiger charge is -2.11. The van der Waals surface area contributed by atoms with Gasteiger partial charge in [0, 0.05) is 36.0 Å². The van der Waals surface area contributed by atoms with Crippen molar-refractivity contribution in [1.82, 2.24) is 10.4 Å². The van der Waals surface area contributed by atoms with E-state index in [1.54, 1.807) is 42.5 Å². The van der Waals surface area contributed by atoms with Crippen LogP contribution in [0.3, 0.4) is 0 Å². The zero-order valence-electron chi connectivity index (χ0n) is 21.1. The number of hydrogen-bond acceptors (Lipinski definition) is 4. The van der Waals surface area contributed by atoms with Crippen LogP contribution in [0, 0.1) is 6.92 Å². The standard InChI is InChI=1S/C30H18Br3Cl2N3O3/c1-15-5-4-6-16(9-15)30(40)41-28-17(10-18(31)12-22(28)33)14-36-38-29(39)27-25(20-7-2-3-8-23(20)34)21-11-19(32)13-24(35)26(21)37-27/h2-14,37H,1H3,(H,38,39). The Balaban J connectivity index is 1.48. The van der Waals surface area contributed by atoms with Gasteiger partial charge in [-0.2, -0.15) is 5.10 Å². The first-order valence-corrected chi connectivity index (χ1v) is 15.1. The van der Waals surface area contributed by atoms with Gasteiger partial charge in [0.25, 0.3) is 5.91 Å². The number of amides is 1. The van der Waals surface area contributed by atoms with Crippen LogP contribution >= 0.6 is 71.0 Å². The van der Waals surface area contributed by atoms with Crippen molar-refractivity contribution in [3.8, 4) is 16.9 Å². The number of aromatic amines is 1. The molecular formula is C30H18Br3Cl2N3O3. The molecule has 0 bridgehead atoms. The molecule has 0 aliphatic rings. The van der Waals surface area contributed by atoms with Gasteiger partial charge in [0.05, 0.1) is 26.8 Å². The first-order chi connectivity index (χ1) is 19.6. The molecule has 0 unspecified atom stereocenters. The third kappa shape index (κ3) is 6.44. The number of hydrogen-bond donors (Lipinski definition) is 2. The van der Waals surface area contributed by atoms with Gasteiger partial charge in [-0.1, -0.05) is 91.0 Å². The lowest BCUT2D eigenvalue weighted by molar-refractivity contribution is 0.0732. The van der Waals surface area contributed by atoms with Gasteiger partial charge >= 0.3 is 5.97 Å². The molecule has 5 rings (SSSR count). The van der Waals surface area contributed by atoms with Crippen LogP contribution in [0.25, 0.3) is 22.0 Å². The average Bonchev–Trinajstić information content (AvgIpc) is 3.30. The van der Waals surface area contributed by atoms with E-state index in [0.29, 0.717) is 52.1 Å². The van der Waals surface area contributed by atoms with Gasteiger partial charge in [0.1, 0.15) is 5.69 Å². The fraction of sp³-hybridized carbons (Fsp3) is 0.0333. The van der Waals surface area contributed by atoms with Crippen molar-refractivity contribution in [3.05, 3.63) is 119 Å². The smallest absolute Gasteiger partial charge is 0.343 e. The van der Waals surface area contributed by atoms with E-state index in [9.17, 15) is 9.59 Å². The summed E-state index contributed by atoms with van der Waals surface area (Å²) in [7, 11) is 0. The maximum absolute atomic E-state index is 13.5. The number of carbonyl (C=O) groups excluding carboxylic acids is 2. The molecule has 6 nitrogen and oxygen atoms in total. The molecule has 206 valence electrons. The highest BCUT2D eigenvalue weighted by Gasteiger charge is 2.23. The zero-order valence-corrected chi connectivity index (χ0v) is 27.3. The highest BCUT2D eigenvalue weighted by Crippen LogP contribution is 2.40. The number of nitrogens with one attached hydrogen (secondary N) is 2. The maximum atomic E-state index is 13.5. The van der Waals surface area contributed by atoms with Gasteiger partial charge in [-0.25, -0.2) is 10.2 Å². The third-order valence-corrected chi connectivity index (χ3v) is 8.18. The van der Waals surface area contributed by atoms with Gasteiger partial charge in [0.2, 0.25) is 0 Å². The highest BCUT2D eigenvalue weighted by atomic mass is 79.9. The number of fused-ring (bicyclic) bond motifs is 1. The maximum Gasteiger partial charge on any atom is 0.343 e. The predicted molar refractivity (Wildman–Crippen MR) is 174 cm³/mol. The van der Waals surface area contributed by atoms with Crippen LogP contribution in [0.4, 0.5) is 0 Å². The molecule has 1 amide bonds. The number of H-pyrrole nitrogens is 1. The molecule has 0 saturated carbocycles. The minimum absolute atomic E-state index is 0.228. The molecule has 1 aromatic heterocycles. The molecule has 11 heteroatoms. The van der Waals surface area contributed by atoms with Crippen LogP contribution in [0.1, 0.15) is 32.0 Å². The summed E-state index contributed by atoms with van der Waals surface area (Å²) in [5.74, 6) is -0.801. The Morgan fingerprint density at radius 1 is 0.927 bits per heavy atom. The van der Waals surface area contributed by atoms with Crippen molar-refractivity contribution in [2.75, 3.05) is 0 Å². The number of esters is 1. The summed E-state index contributed by atoms with van der Waals surface area (Å²) in [5.41, 5.74) is 6.40. The first-order valence-electron chi connectivity index (χ1n) is 12.0. The Morgan fingerprint density at radius 3 is 2.44 bits per heavy atom. The molecule has 0 saturated heterocycles. The molecule has 0 radical (unpaired) electrons. The lowest BCUT2D eigenvalue weighted by Crippen LogP contribution is -2.19. The van der Waals surface area contributed by atoms with Crippen molar-refractivity contribution in [2.24, 2.45) is 5.10 Å². The Kier molecular flexibility index (Phi) is 9.01. The molecule has 41 heavy (non-hydrogen) atoms. The predicted octanol–water partition coefficient (Wildman–Crippen LogP) is 9.72. The minimum Gasteiger partial charge on any atom is -0.421 e. The van der Waals surface area contributed by atoms with Crippen LogP contribution in [0.5, 0.6) is 5.75 Å². The summed E-state index contributed by atoms with van der Waals surface area (Å²) in [6.45, 7) is 1.89. The van der Waals surface area contributed by atoms with E-state index in [-0.39, 0.29) is 11.4 Å². The summed E-state index contributed by atoms with van der Waals surface area (Å²) >= 11 is 23.4. The van der Waals surface area contributed by atoms with E-state index in [4.69, 9.17) is 27.9 Å². The van der Waals surface area contributed by atoms with Gasteiger partial charge in [0.15, 0.2) is 5.75 Å². The molecule has 0 atom stereocenters. The molecule has 0 aliphatic heterocycles. The van der Waals surface area contributed by atoms with Gasteiger partial charge < -0.3 is 9.72 Å². The third-order valence-electron chi connectivity index (χ3n) is 6.05. The molecule has 0 fully saturated rings. The Morgan fingerprint density at radius 2 is 1.68 bits per heavy atom. The largest absolute Gasteiger partial charge is 0.421 e. The number of rotatable bonds is 6. The molecule has 0 spiro atoms. The van der Waals surface area contributed by atoms with E-state index in [1.807, 2.05) is 37.3 Å². The van der Waals surface area contributed by atoms with E-state index >= 15 is 0 Å². The minimum atomic E-state index is -0.527. The Hall–Kier alpha value is -2.95.